The summed E-state index contributed by atoms with van der Waals surface area (Å²) in [6, 6.07) is 0.667. The summed E-state index contributed by atoms with van der Waals surface area (Å²) in [6.45, 7) is 29.1. The van der Waals surface area contributed by atoms with Crippen molar-refractivity contribution in [1.82, 2.24) is 14.7 Å². The highest BCUT2D eigenvalue weighted by Gasteiger charge is 2.41. The van der Waals surface area contributed by atoms with Crippen molar-refractivity contribution in [2.75, 3.05) is 39.3 Å². The van der Waals surface area contributed by atoms with Gasteiger partial charge in [-0.2, -0.15) is 0 Å². The minimum absolute atomic E-state index is 0.310. The van der Waals surface area contributed by atoms with Gasteiger partial charge in [-0.05, 0) is 85.7 Å². The van der Waals surface area contributed by atoms with Crippen molar-refractivity contribution in [3.05, 3.63) is 0 Å². The van der Waals surface area contributed by atoms with E-state index in [0.717, 1.165) is 5.92 Å². The van der Waals surface area contributed by atoms with Gasteiger partial charge in [0.2, 0.25) is 0 Å². The van der Waals surface area contributed by atoms with E-state index in [1.807, 2.05) is 0 Å². The lowest BCUT2D eigenvalue weighted by atomic mass is 9.68. The third kappa shape index (κ3) is 4.99. The SMILES string of the molecule is CC(N1CCN(C(C)(C)C)CC1)C(C)(C)C1CCN(C(C)(C)C)CC1. The zero-order valence-electron chi connectivity index (χ0n) is 18.7. The second-order valence-electron chi connectivity index (χ2n) is 11.1. The molecule has 25 heavy (non-hydrogen) atoms. The minimum atomic E-state index is 0.310. The van der Waals surface area contributed by atoms with Crippen molar-refractivity contribution < 1.29 is 0 Å². The van der Waals surface area contributed by atoms with Crippen molar-refractivity contribution in [1.29, 1.82) is 0 Å². The number of hydrogen-bond donors (Lipinski definition) is 0. The van der Waals surface area contributed by atoms with Gasteiger partial charge in [-0.15, -0.1) is 0 Å². The average molecular weight is 352 g/mol. The van der Waals surface area contributed by atoms with Crippen LogP contribution in [0.1, 0.15) is 75.2 Å². The summed E-state index contributed by atoms with van der Waals surface area (Å²) in [6.07, 6.45) is 2.72. The molecule has 3 nitrogen and oxygen atoms in total. The van der Waals surface area contributed by atoms with Crippen LogP contribution >= 0.6 is 0 Å². The maximum absolute atomic E-state index is 2.76. The second-order valence-corrected chi connectivity index (χ2v) is 11.1. The lowest BCUT2D eigenvalue weighted by molar-refractivity contribution is -0.0255. The van der Waals surface area contributed by atoms with Gasteiger partial charge in [-0.3, -0.25) is 14.7 Å². The Kier molecular flexibility index (Phi) is 6.34. The van der Waals surface area contributed by atoms with Gasteiger partial charge < -0.3 is 0 Å². The maximum Gasteiger partial charge on any atom is 0.0126 e. The van der Waals surface area contributed by atoms with Crippen molar-refractivity contribution in [3.63, 3.8) is 0 Å². The highest BCUT2D eigenvalue weighted by molar-refractivity contribution is 4.94. The predicted molar refractivity (Wildman–Crippen MR) is 110 cm³/mol. The Morgan fingerprint density at radius 3 is 1.44 bits per heavy atom. The van der Waals surface area contributed by atoms with Crippen LogP contribution < -0.4 is 0 Å². The highest BCUT2D eigenvalue weighted by Crippen LogP contribution is 2.41. The summed E-state index contributed by atoms with van der Waals surface area (Å²) < 4.78 is 0. The molecule has 2 saturated heterocycles. The summed E-state index contributed by atoms with van der Waals surface area (Å²) in [5.74, 6) is 0.849. The topological polar surface area (TPSA) is 9.72 Å². The van der Waals surface area contributed by atoms with Crippen LogP contribution in [0.4, 0.5) is 0 Å². The van der Waals surface area contributed by atoms with Gasteiger partial charge in [-0.1, -0.05) is 13.8 Å². The van der Waals surface area contributed by atoms with E-state index in [2.05, 4.69) is 77.0 Å². The van der Waals surface area contributed by atoms with E-state index in [1.165, 1.54) is 52.1 Å². The van der Waals surface area contributed by atoms with Crippen LogP contribution in [-0.2, 0) is 0 Å². The molecule has 0 aromatic heterocycles. The summed E-state index contributed by atoms with van der Waals surface area (Å²) in [7, 11) is 0. The Hall–Kier alpha value is -0.120. The standard InChI is InChI=1S/C22H45N3/c1-18(23-14-16-25(17-15-23)21(5,6)7)22(8,9)19-10-12-24(13-11-19)20(2,3)4/h18-19H,10-17H2,1-9H3. The molecule has 2 aliphatic heterocycles. The van der Waals surface area contributed by atoms with Crippen LogP contribution in [0, 0.1) is 11.3 Å². The fraction of sp³-hybridized carbons (Fsp3) is 1.00. The molecular weight excluding hydrogens is 306 g/mol. The van der Waals surface area contributed by atoms with E-state index in [1.54, 1.807) is 0 Å². The normalized spacial score (nSPS) is 25.3. The first-order valence-electron chi connectivity index (χ1n) is 10.6. The number of piperidine rings is 1. The zero-order valence-corrected chi connectivity index (χ0v) is 18.7. The van der Waals surface area contributed by atoms with Crippen LogP contribution in [0.3, 0.4) is 0 Å². The zero-order chi connectivity index (χ0) is 19.0. The van der Waals surface area contributed by atoms with E-state index in [0.29, 0.717) is 22.5 Å². The van der Waals surface area contributed by atoms with Gasteiger partial charge in [0, 0.05) is 43.3 Å². The largest absolute Gasteiger partial charge is 0.298 e. The molecule has 1 unspecified atom stereocenters. The number of piperazine rings is 1. The smallest absolute Gasteiger partial charge is 0.0126 e. The van der Waals surface area contributed by atoms with Gasteiger partial charge in [0.15, 0.2) is 0 Å². The van der Waals surface area contributed by atoms with Crippen LogP contribution in [0.2, 0.25) is 0 Å². The summed E-state index contributed by atoms with van der Waals surface area (Å²) >= 11 is 0. The molecule has 3 heteroatoms. The lowest BCUT2D eigenvalue weighted by Crippen LogP contribution is -2.59. The maximum atomic E-state index is 2.76. The van der Waals surface area contributed by atoms with Crippen LogP contribution in [0.15, 0.2) is 0 Å². The number of hydrogen-bond acceptors (Lipinski definition) is 3. The number of nitrogens with zero attached hydrogens (tertiary/aromatic N) is 3. The molecule has 0 amide bonds. The highest BCUT2D eigenvalue weighted by atomic mass is 15.3. The van der Waals surface area contributed by atoms with E-state index in [9.17, 15) is 0 Å². The molecule has 2 heterocycles. The molecule has 0 aliphatic carbocycles. The first-order chi connectivity index (χ1) is 11.3. The third-order valence-corrected chi connectivity index (χ3v) is 7.38. The third-order valence-electron chi connectivity index (χ3n) is 7.38. The molecule has 2 rings (SSSR count). The predicted octanol–water partition coefficient (Wildman–Crippen LogP) is 4.33. The molecule has 2 aliphatic rings. The minimum Gasteiger partial charge on any atom is -0.298 e. The molecule has 2 fully saturated rings. The van der Waals surface area contributed by atoms with E-state index >= 15 is 0 Å². The summed E-state index contributed by atoms with van der Waals surface area (Å²) in [5.41, 5.74) is 1.03. The summed E-state index contributed by atoms with van der Waals surface area (Å²) in [5, 5.41) is 0. The number of rotatable bonds is 3. The van der Waals surface area contributed by atoms with Gasteiger partial charge in [-0.25, -0.2) is 0 Å². The number of likely N-dealkylation sites (tertiary alicyclic amines) is 1. The fourth-order valence-electron chi connectivity index (χ4n) is 4.89. The van der Waals surface area contributed by atoms with E-state index in [4.69, 9.17) is 0 Å². The summed E-state index contributed by atoms with van der Waals surface area (Å²) in [4.78, 5) is 8.08. The molecule has 148 valence electrons. The lowest BCUT2D eigenvalue weighted by Gasteiger charge is -2.51. The van der Waals surface area contributed by atoms with Gasteiger partial charge in [0.1, 0.15) is 0 Å². The molecule has 0 N–H and O–H groups in total. The molecule has 0 spiro atoms. The van der Waals surface area contributed by atoms with Crippen molar-refractivity contribution in [3.8, 4) is 0 Å². The van der Waals surface area contributed by atoms with Gasteiger partial charge in [0.05, 0.1) is 0 Å². The monoisotopic (exact) mass is 351 g/mol. The first kappa shape index (κ1) is 21.2. The average Bonchev–Trinajstić information content (AvgIpc) is 2.52. The molecule has 0 aromatic carbocycles. The van der Waals surface area contributed by atoms with Crippen molar-refractivity contribution >= 4 is 0 Å². The Labute approximate surface area is 158 Å². The van der Waals surface area contributed by atoms with E-state index < -0.39 is 0 Å². The van der Waals surface area contributed by atoms with Crippen LogP contribution in [0.25, 0.3) is 0 Å². The molecule has 1 atom stereocenters. The Morgan fingerprint density at radius 2 is 1.04 bits per heavy atom. The quantitative estimate of drug-likeness (QED) is 0.749. The fourth-order valence-corrected chi connectivity index (χ4v) is 4.89. The van der Waals surface area contributed by atoms with E-state index in [-0.39, 0.29) is 0 Å². The molecule has 0 aromatic rings. The van der Waals surface area contributed by atoms with Crippen LogP contribution in [-0.4, -0.2) is 71.1 Å². The molecule has 0 saturated carbocycles. The molecule has 0 radical (unpaired) electrons. The van der Waals surface area contributed by atoms with Crippen molar-refractivity contribution in [2.24, 2.45) is 11.3 Å². The van der Waals surface area contributed by atoms with Gasteiger partial charge >= 0.3 is 0 Å². The molecular formula is C22H45N3. The first-order valence-corrected chi connectivity index (χ1v) is 10.6. The van der Waals surface area contributed by atoms with Gasteiger partial charge in [0.25, 0.3) is 0 Å². The van der Waals surface area contributed by atoms with Crippen molar-refractivity contribution in [2.45, 2.75) is 92.3 Å². The molecule has 0 bridgehead atoms. The van der Waals surface area contributed by atoms with Crippen LogP contribution in [0.5, 0.6) is 0 Å². The Morgan fingerprint density at radius 1 is 0.640 bits per heavy atom. The second kappa shape index (κ2) is 7.48. The Bertz CT molecular complexity index is 414. The Balaban J connectivity index is 1.92.